The summed E-state index contributed by atoms with van der Waals surface area (Å²) in [5, 5.41) is 5.12. The number of fused-ring (bicyclic) bond motifs is 7. The quantitative estimate of drug-likeness (QED) is 0.274. The third kappa shape index (κ3) is 3.19. The Bertz CT molecular complexity index is 1710. The van der Waals surface area contributed by atoms with Crippen LogP contribution in [0.3, 0.4) is 0 Å². The molecule has 158 valence electrons. The molecule has 0 saturated heterocycles. The molecule has 0 fully saturated rings. The van der Waals surface area contributed by atoms with Gasteiger partial charge in [0.1, 0.15) is 0 Å². The van der Waals surface area contributed by atoms with E-state index < -0.39 is 0 Å². The second-order valence-corrected chi connectivity index (χ2v) is 8.27. The Balaban J connectivity index is 1.66. The Kier molecular flexibility index (Phi) is 4.70. The van der Waals surface area contributed by atoms with Crippen LogP contribution >= 0.6 is 0 Å². The van der Waals surface area contributed by atoms with Gasteiger partial charge in [0, 0.05) is 38.3 Å². The van der Waals surface area contributed by atoms with Gasteiger partial charge in [-0.3, -0.25) is 0 Å². The Hall–Kier alpha value is -4.30. The second kappa shape index (κ2) is 7.99. The summed E-state index contributed by atoms with van der Waals surface area (Å²) >= 11 is 0. The van der Waals surface area contributed by atoms with Crippen LogP contribution in [0, 0.1) is 0 Å². The Morgan fingerprint density at radius 2 is 1.45 bits per heavy atom. The van der Waals surface area contributed by atoms with Crippen LogP contribution in [0.5, 0.6) is 0 Å². The zero-order valence-electron chi connectivity index (χ0n) is 18.5. The van der Waals surface area contributed by atoms with E-state index in [1.165, 1.54) is 49.2 Å². The van der Waals surface area contributed by atoms with Gasteiger partial charge in [0.05, 0.1) is 11.0 Å². The number of aromatic nitrogens is 2. The molecule has 0 spiro atoms. The van der Waals surface area contributed by atoms with E-state index in [4.69, 9.17) is 0 Å². The topological polar surface area (TPSA) is 20.7 Å². The van der Waals surface area contributed by atoms with Gasteiger partial charge in [-0.15, -0.1) is 0 Å². The molecule has 6 rings (SSSR count). The van der Waals surface area contributed by atoms with Crippen molar-refractivity contribution in [2.24, 2.45) is 0 Å². The molecule has 0 aliphatic carbocycles. The Morgan fingerprint density at radius 3 is 2.30 bits per heavy atom. The molecule has 0 atom stereocenters. The molecule has 0 bridgehead atoms. The minimum absolute atomic E-state index is 1.13. The number of para-hydroxylation sites is 2. The maximum absolute atomic E-state index is 3.60. The lowest BCUT2D eigenvalue weighted by Gasteiger charge is -2.08. The van der Waals surface area contributed by atoms with Gasteiger partial charge in [-0.05, 0) is 48.9 Å². The summed E-state index contributed by atoms with van der Waals surface area (Å²) in [5.41, 5.74) is 7.10. The molecule has 1 N–H and O–H groups in total. The van der Waals surface area contributed by atoms with Crippen molar-refractivity contribution in [1.82, 2.24) is 9.55 Å². The van der Waals surface area contributed by atoms with E-state index in [1.54, 1.807) is 0 Å². The highest BCUT2D eigenvalue weighted by Crippen LogP contribution is 2.39. The van der Waals surface area contributed by atoms with Gasteiger partial charge in [-0.2, -0.15) is 0 Å². The standard InChI is InChI=1S/C31H24N2/c1-2-11-23(15-10-14-22-12-4-3-5-13-22)33-28-19-9-7-17-25(28)31-29(33)21-20-27-30(31)24-16-6-8-18-26(24)32-27/h2-21,32H,1H3/b11-2-,14-10+,23-15+. The first kappa shape index (κ1) is 19.4. The first-order chi connectivity index (χ1) is 16.3. The summed E-state index contributed by atoms with van der Waals surface area (Å²) in [6.07, 6.45) is 10.8. The molecule has 2 heteroatoms. The van der Waals surface area contributed by atoms with Crippen molar-refractivity contribution in [3.05, 3.63) is 121 Å². The van der Waals surface area contributed by atoms with Crippen LogP contribution in [-0.2, 0) is 0 Å². The normalized spacial score (nSPS) is 12.9. The maximum atomic E-state index is 3.60. The van der Waals surface area contributed by atoms with E-state index in [0.29, 0.717) is 0 Å². The largest absolute Gasteiger partial charge is 0.354 e. The maximum Gasteiger partial charge on any atom is 0.0548 e. The van der Waals surface area contributed by atoms with Crippen molar-refractivity contribution in [2.45, 2.75) is 6.92 Å². The first-order valence-electron chi connectivity index (χ1n) is 11.3. The van der Waals surface area contributed by atoms with Crippen LogP contribution in [0.25, 0.3) is 55.4 Å². The van der Waals surface area contributed by atoms with E-state index in [9.17, 15) is 0 Å². The highest BCUT2D eigenvalue weighted by Gasteiger charge is 2.17. The summed E-state index contributed by atoms with van der Waals surface area (Å²) in [7, 11) is 0. The molecule has 0 aliphatic rings. The molecule has 2 nitrogen and oxygen atoms in total. The van der Waals surface area contributed by atoms with Gasteiger partial charge in [0.25, 0.3) is 0 Å². The number of benzene rings is 4. The van der Waals surface area contributed by atoms with Crippen molar-refractivity contribution in [3.8, 4) is 0 Å². The molecule has 0 saturated carbocycles. The molecule has 6 aromatic rings. The van der Waals surface area contributed by atoms with Gasteiger partial charge >= 0.3 is 0 Å². The number of nitrogens with one attached hydrogen (secondary N) is 1. The predicted octanol–water partition coefficient (Wildman–Crippen LogP) is 8.56. The van der Waals surface area contributed by atoms with Gasteiger partial charge in [0.15, 0.2) is 0 Å². The monoisotopic (exact) mass is 424 g/mol. The molecule has 0 amide bonds. The van der Waals surface area contributed by atoms with Crippen LogP contribution in [0.15, 0.2) is 115 Å². The average molecular weight is 425 g/mol. The van der Waals surface area contributed by atoms with E-state index in [1.807, 2.05) is 6.07 Å². The number of allylic oxidation sites excluding steroid dienone is 5. The molecule has 0 aliphatic heterocycles. The van der Waals surface area contributed by atoms with Crippen molar-refractivity contribution in [2.75, 3.05) is 0 Å². The number of hydrogen-bond donors (Lipinski definition) is 1. The first-order valence-corrected chi connectivity index (χ1v) is 11.3. The minimum Gasteiger partial charge on any atom is -0.354 e. The van der Waals surface area contributed by atoms with Gasteiger partial charge in [-0.1, -0.05) is 85.0 Å². The van der Waals surface area contributed by atoms with Crippen LogP contribution in [0.4, 0.5) is 0 Å². The van der Waals surface area contributed by atoms with E-state index in [2.05, 4.69) is 132 Å². The van der Waals surface area contributed by atoms with Crippen molar-refractivity contribution >= 4 is 55.4 Å². The lowest BCUT2D eigenvalue weighted by molar-refractivity contribution is 1.24. The van der Waals surface area contributed by atoms with E-state index in [-0.39, 0.29) is 0 Å². The van der Waals surface area contributed by atoms with E-state index >= 15 is 0 Å². The minimum atomic E-state index is 1.13. The average Bonchev–Trinajstić information content (AvgIpc) is 3.39. The smallest absolute Gasteiger partial charge is 0.0548 e. The third-order valence-corrected chi connectivity index (χ3v) is 6.26. The van der Waals surface area contributed by atoms with Crippen LogP contribution in [-0.4, -0.2) is 9.55 Å². The molecule has 2 aromatic heterocycles. The van der Waals surface area contributed by atoms with Gasteiger partial charge in [0.2, 0.25) is 0 Å². The highest BCUT2D eigenvalue weighted by molar-refractivity contribution is 6.28. The molecule has 0 radical (unpaired) electrons. The number of aromatic amines is 1. The summed E-state index contributed by atoms with van der Waals surface area (Å²) in [5.74, 6) is 0. The zero-order chi connectivity index (χ0) is 22.2. The third-order valence-electron chi connectivity index (χ3n) is 6.26. The molecular formula is C31H24N2. The fourth-order valence-electron chi connectivity index (χ4n) is 4.88. The second-order valence-electron chi connectivity index (χ2n) is 8.27. The van der Waals surface area contributed by atoms with Gasteiger partial charge < -0.3 is 9.55 Å². The fraction of sp³-hybridized carbons (Fsp3) is 0.0323. The molecular weight excluding hydrogens is 400 g/mol. The molecule has 4 aromatic carbocycles. The lowest BCUT2D eigenvalue weighted by atomic mass is 10.1. The number of rotatable bonds is 4. The SMILES string of the molecule is C\C=C/C(=C\C=C\c1ccccc1)n1c2ccccc2c2c3c(ccc21)[nH]c1ccccc13. The van der Waals surface area contributed by atoms with Crippen molar-refractivity contribution in [1.29, 1.82) is 0 Å². The summed E-state index contributed by atoms with van der Waals surface area (Å²) in [6, 6.07) is 32.1. The number of hydrogen-bond acceptors (Lipinski definition) is 0. The Labute approximate surface area is 192 Å². The number of H-pyrrole nitrogens is 1. The van der Waals surface area contributed by atoms with Crippen molar-refractivity contribution in [3.63, 3.8) is 0 Å². The zero-order valence-corrected chi connectivity index (χ0v) is 18.5. The van der Waals surface area contributed by atoms with Crippen LogP contribution < -0.4 is 0 Å². The lowest BCUT2D eigenvalue weighted by Crippen LogP contribution is -1.94. The van der Waals surface area contributed by atoms with Crippen LogP contribution in [0.1, 0.15) is 12.5 Å². The summed E-state index contributed by atoms with van der Waals surface area (Å²) < 4.78 is 2.38. The van der Waals surface area contributed by atoms with Crippen LogP contribution in [0.2, 0.25) is 0 Å². The fourth-order valence-corrected chi connectivity index (χ4v) is 4.88. The summed E-state index contributed by atoms with van der Waals surface area (Å²) in [6.45, 7) is 2.07. The summed E-state index contributed by atoms with van der Waals surface area (Å²) in [4.78, 5) is 3.60. The number of nitrogens with zero attached hydrogens (tertiary/aromatic N) is 1. The molecule has 2 heterocycles. The molecule has 33 heavy (non-hydrogen) atoms. The van der Waals surface area contributed by atoms with Crippen molar-refractivity contribution < 1.29 is 0 Å². The Morgan fingerprint density at radius 1 is 0.697 bits per heavy atom. The predicted molar refractivity (Wildman–Crippen MR) is 143 cm³/mol. The molecule has 0 unspecified atom stereocenters. The van der Waals surface area contributed by atoms with E-state index in [0.717, 1.165) is 5.70 Å². The highest BCUT2D eigenvalue weighted by atomic mass is 15.0. The van der Waals surface area contributed by atoms with Gasteiger partial charge in [-0.25, -0.2) is 0 Å².